The van der Waals surface area contributed by atoms with E-state index < -0.39 is 45.6 Å². The zero-order chi connectivity index (χ0) is 21.9. The van der Waals surface area contributed by atoms with Gasteiger partial charge in [0.05, 0.1) is 16.8 Å². The number of hydrogen-bond donors (Lipinski definition) is 1. The molecule has 156 valence electrons. The molecule has 2 fully saturated rings. The Kier molecular flexibility index (Phi) is 5.51. The number of nitrogens with zero attached hydrogens (tertiary/aromatic N) is 2. The van der Waals surface area contributed by atoms with Gasteiger partial charge in [-0.1, -0.05) is 66.8 Å². The molecule has 3 rings (SSSR count). The summed E-state index contributed by atoms with van der Waals surface area (Å²) in [5.41, 5.74) is -2.56. The van der Waals surface area contributed by atoms with E-state index in [1.807, 2.05) is 0 Å². The number of urea groups is 1. The average Bonchev–Trinajstić information content (AvgIpc) is 2.87. The highest BCUT2D eigenvalue weighted by Gasteiger charge is 2.73. The highest BCUT2D eigenvalue weighted by molar-refractivity contribution is 9.10. The standard InChI is InChI=1S/C19H20BrCl2N3O4/c1-5-12-19(15(27)18(2,3)4,25-14(26)13(20)23-17(25)29)16(28)24(12)11-7-6-9(21)8-10(11)22/h6-8,12-13H,5H2,1-4H3,(H,23,29)/t12?,13-,19?/m1/s1. The van der Waals surface area contributed by atoms with E-state index in [1.54, 1.807) is 39.8 Å². The van der Waals surface area contributed by atoms with Gasteiger partial charge < -0.3 is 10.2 Å². The van der Waals surface area contributed by atoms with Gasteiger partial charge in [0.15, 0.2) is 10.7 Å². The molecule has 0 radical (unpaired) electrons. The molecule has 0 aliphatic carbocycles. The van der Waals surface area contributed by atoms with Crippen LogP contribution in [0.25, 0.3) is 0 Å². The molecule has 2 aliphatic rings. The Morgan fingerprint density at radius 2 is 1.86 bits per heavy atom. The van der Waals surface area contributed by atoms with Crippen molar-refractivity contribution < 1.29 is 19.2 Å². The molecule has 2 aliphatic heterocycles. The minimum atomic E-state index is -1.94. The van der Waals surface area contributed by atoms with Crippen LogP contribution in [0.4, 0.5) is 10.5 Å². The summed E-state index contributed by atoms with van der Waals surface area (Å²) in [6.45, 7) is 6.74. The van der Waals surface area contributed by atoms with Crippen molar-refractivity contribution in [2.24, 2.45) is 5.41 Å². The van der Waals surface area contributed by atoms with Crippen LogP contribution < -0.4 is 10.2 Å². The zero-order valence-corrected chi connectivity index (χ0v) is 19.4. The number of halogens is 3. The normalized spacial score (nSPS) is 27.2. The van der Waals surface area contributed by atoms with Crippen LogP contribution in [-0.4, -0.2) is 45.1 Å². The number of Topliss-reactive ketones (excluding diaryl/α,β-unsaturated/α-hetero) is 1. The van der Waals surface area contributed by atoms with Crippen LogP contribution in [-0.2, 0) is 14.4 Å². The summed E-state index contributed by atoms with van der Waals surface area (Å²) in [4.78, 5) is 53.7. The summed E-state index contributed by atoms with van der Waals surface area (Å²) in [7, 11) is 0. The molecule has 7 nitrogen and oxygen atoms in total. The summed E-state index contributed by atoms with van der Waals surface area (Å²) >= 11 is 15.3. The van der Waals surface area contributed by atoms with Crippen LogP contribution in [0.3, 0.4) is 0 Å². The third kappa shape index (κ3) is 3.07. The molecule has 10 heteroatoms. The van der Waals surface area contributed by atoms with Crippen molar-refractivity contribution in [3.63, 3.8) is 0 Å². The maximum Gasteiger partial charge on any atom is 0.326 e. The van der Waals surface area contributed by atoms with E-state index in [9.17, 15) is 19.2 Å². The van der Waals surface area contributed by atoms with Gasteiger partial charge in [0.25, 0.3) is 11.8 Å². The Balaban J connectivity index is 2.20. The molecule has 0 saturated carbocycles. The Hall–Kier alpha value is -1.64. The lowest BCUT2D eigenvalue weighted by Crippen LogP contribution is -2.85. The monoisotopic (exact) mass is 503 g/mol. The van der Waals surface area contributed by atoms with Gasteiger partial charge in [-0.3, -0.25) is 14.4 Å². The highest BCUT2D eigenvalue weighted by atomic mass is 79.9. The fraction of sp³-hybridized carbons (Fsp3) is 0.474. The summed E-state index contributed by atoms with van der Waals surface area (Å²) in [5.74, 6) is -1.85. The number of amides is 4. The molecule has 2 heterocycles. The minimum Gasteiger partial charge on any atom is -0.317 e. The molecule has 1 aromatic rings. The first-order valence-corrected chi connectivity index (χ1v) is 10.7. The number of alkyl halides is 1. The quantitative estimate of drug-likeness (QED) is 0.222. The van der Waals surface area contributed by atoms with E-state index in [2.05, 4.69) is 21.2 Å². The third-order valence-corrected chi connectivity index (χ3v) is 6.32. The van der Waals surface area contributed by atoms with Gasteiger partial charge in [0.1, 0.15) is 0 Å². The van der Waals surface area contributed by atoms with Gasteiger partial charge in [-0.15, -0.1) is 0 Å². The summed E-state index contributed by atoms with van der Waals surface area (Å²) in [5, 5.41) is 3.05. The molecule has 3 atom stereocenters. The highest BCUT2D eigenvalue weighted by Crippen LogP contribution is 2.48. The largest absolute Gasteiger partial charge is 0.326 e. The Bertz CT molecular complexity index is 933. The number of nitrogens with one attached hydrogen (secondary N) is 1. The van der Waals surface area contributed by atoms with Crippen molar-refractivity contribution in [2.45, 2.75) is 50.6 Å². The maximum absolute atomic E-state index is 13.6. The fourth-order valence-electron chi connectivity index (χ4n) is 3.97. The van der Waals surface area contributed by atoms with Crippen molar-refractivity contribution in [3.8, 4) is 0 Å². The third-order valence-electron chi connectivity index (χ3n) is 5.17. The summed E-state index contributed by atoms with van der Waals surface area (Å²) in [6.07, 6.45) is 0.316. The number of benzene rings is 1. The number of ketones is 1. The van der Waals surface area contributed by atoms with E-state index >= 15 is 0 Å². The second-order valence-corrected chi connectivity index (χ2v) is 9.79. The smallest absolute Gasteiger partial charge is 0.317 e. The van der Waals surface area contributed by atoms with Gasteiger partial charge in [-0.25, -0.2) is 9.69 Å². The van der Waals surface area contributed by atoms with Crippen molar-refractivity contribution >= 4 is 68.4 Å². The van der Waals surface area contributed by atoms with Crippen molar-refractivity contribution in [2.75, 3.05) is 4.90 Å². The number of carbonyl (C=O) groups excluding carboxylic acids is 4. The number of carbonyl (C=O) groups is 4. The number of rotatable bonds is 4. The lowest BCUT2D eigenvalue weighted by Gasteiger charge is -2.58. The molecule has 0 aromatic heterocycles. The van der Waals surface area contributed by atoms with E-state index in [-0.39, 0.29) is 5.02 Å². The lowest BCUT2D eigenvalue weighted by molar-refractivity contribution is -0.161. The van der Waals surface area contributed by atoms with Crippen LogP contribution in [0.15, 0.2) is 18.2 Å². The molecule has 2 unspecified atom stereocenters. The van der Waals surface area contributed by atoms with Gasteiger partial charge in [-0.05, 0) is 24.6 Å². The molecule has 2 saturated heterocycles. The lowest BCUT2D eigenvalue weighted by atomic mass is 9.65. The van der Waals surface area contributed by atoms with E-state index in [4.69, 9.17) is 23.2 Å². The predicted octanol–water partition coefficient (Wildman–Crippen LogP) is 3.75. The topological polar surface area (TPSA) is 86.8 Å². The van der Waals surface area contributed by atoms with E-state index in [0.29, 0.717) is 17.1 Å². The molecule has 1 N–H and O–H groups in total. The van der Waals surface area contributed by atoms with Gasteiger partial charge in [0, 0.05) is 10.4 Å². The number of anilines is 1. The minimum absolute atomic E-state index is 0.233. The van der Waals surface area contributed by atoms with Crippen molar-refractivity contribution in [3.05, 3.63) is 28.2 Å². The fourth-order valence-corrected chi connectivity index (χ4v) is 4.87. The second-order valence-electron chi connectivity index (χ2n) is 8.03. The van der Waals surface area contributed by atoms with Gasteiger partial charge in [-0.2, -0.15) is 0 Å². The Morgan fingerprint density at radius 1 is 1.24 bits per heavy atom. The molecular formula is C19H20BrCl2N3O4. The van der Waals surface area contributed by atoms with Crippen LogP contribution in [0, 0.1) is 5.41 Å². The first-order chi connectivity index (χ1) is 13.4. The summed E-state index contributed by atoms with van der Waals surface area (Å²) < 4.78 is 0. The Morgan fingerprint density at radius 3 is 2.31 bits per heavy atom. The van der Waals surface area contributed by atoms with Gasteiger partial charge in [0.2, 0.25) is 5.54 Å². The van der Waals surface area contributed by atoms with Crippen LogP contribution in [0.5, 0.6) is 0 Å². The van der Waals surface area contributed by atoms with Crippen LogP contribution in [0.1, 0.15) is 34.1 Å². The van der Waals surface area contributed by atoms with Crippen LogP contribution in [0.2, 0.25) is 10.0 Å². The van der Waals surface area contributed by atoms with Crippen LogP contribution >= 0.6 is 39.1 Å². The first kappa shape index (κ1) is 22.1. The average molecular weight is 505 g/mol. The molecule has 29 heavy (non-hydrogen) atoms. The second kappa shape index (κ2) is 7.25. The van der Waals surface area contributed by atoms with Crippen molar-refractivity contribution in [1.82, 2.24) is 10.2 Å². The number of hydrogen-bond acceptors (Lipinski definition) is 4. The van der Waals surface area contributed by atoms with E-state index in [1.165, 1.54) is 11.0 Å². The SMILES string of the molecule is CCC1N(c2ccc(Cl)cc2Cl)C(=O)C1(C(=O)C(C)(C)C)N1C(=O)N[C@@H](Br)C1=O. The van der Waals surface area contributed by atoms with Gasteiger partial charge >= 0.3 is 6.03 Å². The first-order valence-electron chi connectivity index (χ1n) is 9.01. The number of β-lactam (4-membered cyclic amide) rings is 1. The number of imide groups is 1. The molecule has 0 spiro atoms. The Labute approximate surface area is 186 Å². The molecule has 0 bridgehead atoms. The van der Waals surface area contributed by atoms with Crippen molar-refractivity contribution in [1.29, 1.82) is 0 Å². The molecule has 4 amide bonds. The van der Waals surface area contributed by atoms with E-state index in [0.717, 1.165) is 4.90 Å². The zero-order valence-electron chi connectivity index (χ0n) is 16.3. The molecule has 1 aromatic carbocycles. The maximum atomic E-state index is 13.6. The molecular weight excluding hydrogens is 485 g/mol. The predicted molar refractivity (Wildman–Crippen MR) is 113 cm³/mol. The summed E-state index contributed by atoms with van der Waals surface area (Å²) in [6, 6.07) is 3.09.